The van der Waals surface area contributed by atoms with Crippen LogP contribution in [0.15, 0.2) is 0 Å². The van der Waals surface area contributed by atoms with E-state index in [9.17, 15) is 8.42 Å². The monoisotopic (exact) mass is 284 g/mol. The summed E-state index contributed by atoms with van der Waals surface area (Å²) in [5.74, 6) is 0. The number of nitrogens with zero attached hydrogens (tertiary/aromatic N) is 2. The maximum absolute atomic E-state index is 11.9. The van der Waals surface area contributed by atoms with Crippen LogP contribution in [0.5, 0.6) is 0 Å². The number of rotatable bonds is 4. The zero-order chi connectivity index (χ0) is 10.6. The summed E-state index contributed by atoms with van der Waals surface area (Å²) in [5.41, 5.74) is 0. The second-order valence-corrected chi connectivity index (χ2v) is 6.31. The molecule has 0 saturated carbocycles. The molecule has 84 valence electrons. The summed E-state index contributed by atoms with van der Waals surface area (Å²) in [6, 6.07) is 0. The van der Waals surface area contributed by atoms with Crippen LogP contribution < -0.4 is 0 Å². The Bertz CT molecular complexity index is 263. The molecule has 1 heterocycles. The van der Waals surface area contributed by atoms with E-state index in [4.69, 9.17) is 0 Å². The molecular formula is C8H17BrN2O2S. The first-order valence-corrected chi connectivity index (χ1v) is 7.38. The molecule has 6 heteroatoms. The van der Waals surface area contributed by atoms with Gasteiger partial charge >= 0.3 is 0 Å². The molecule has 0 aromatic carbocycles. The first kappa shape index (κ1) is 12.4. The van der Waals surface area contributed by atoms with E-state index in [0.29, 0.717) is 25.0 Å². The Morgan fingerprint density at radius 3 is 2.36 bits per heavy atom. The van der Waals surface area contributed by atoms with E-state index < -0.39 is 10.2 Å². The fraction of sp³-hybridized carbons (Fsp3) is 1.00. The number of halogens is 1. The standard InChI is InChI=1S/C8H17BrN2O2S/c1-10(8-5-9)14(12,13)11-6-3-2-4-7-11/h2-8H2,1H3. The normalized spacial score (nSPS) is 20.2. The van der Waals surface area contributed by atoms with E-state index in [2.05, 4.69) is 15.9 Å². The van der Waals surface area contributed by atoms with Gasteiger partial charge in [0.15, 0.2) is 0 Å². The largest absolute Gasteiger partial charge is 0.281 e. The smallest absolute Gasteiger partial charge is 0.195 e. The molecule has 1 aliphatic rings. The van der Waals surface area contributed by atoms with Crippen LogP contribution in [0.1, 0.15) is 19.3 Å². The van der Waals surface area contributed by atoms with Crippen LogP contribution in [0.2, 0.25) is 0 Å². The van der Waals surface area contributed by atoms with Crippen molar-refractivity contribution in [3.05, 3.63) is 0 Å². The molecule has 0 aromatic heterocycles. The minimum absolute atomic E-state index is 0.527. The van der Waals surface area contributed by atoms with Gasteiger partial charge in [0, 0.05) is 32.0 Å². The van der Waals surface area contributed by atoms with Crippen LogP contribution in [0.3, 0.4) is 0 Å². The SMILES string of the molecule is CN(CCBr)S(=O)(=O)N1CCCCC1. The average Bonchev–Trinajstić information content (AvgIpc) is 2.19. The molecule has 4 nitrogen and oxygen atoms in total. The van der Waals surface area contributed by atoms with E-state index in [0.717, 1.165) is 19.3 Å². The summed E-state index contributed by atoms with van der Waals surface area (Å²) in [5, 5.41) is 0.677. The van der Waals surface area contributed by atoms with Gasteiger partial charge in [-0.2, -0.15) is 17.0 Å². The van der Waals surface area contributed by atoms with Crippen molar-refractivity contribution in [1.82, 2.24) is 8.61 Å². The summed E-state index contributed by atoms with van der Waals surface area (Å²) in [4.78, 5) is 0. The van der Waals surface area contributed by atoms with Crippen LogP contribution in [0.25, 0.3) is 0 Å². The number of piperidine rings is 1. The van der Waals surface area contributed by atoms with E-state index in [-0.39, 0.29) is 0 Å². The fourth-order valence-electron chi connectivity index (χ4n) is 1.53. The van der Waals surface area contributed by atoms with E-state index in [1.165, 1.54) is 4.31 Å². The zero-order valence-corrected chi connectivity index (χ0v) is 10.8. The predicted octanol–water partition coefficient (Wildman–Crippen LogP) is 1.04. The molecule has 0 bridgehead atoms. The Balaban J connectivity index is 2.62. The van der Waals surface area contributed by atoms with Crippen LogP contribution in [0.4, 0.5) is 0 Å². The molecule has 0 amide bonds. The number of hydrogen-bond acceptors (Lipinski definition) is 2. The minimum atomic E-state index is -3.19. The van der Waals surface area contributed by atoms with Gasteiger partial charge < -0.3 is 0 Å². The molecular weight excluding hydrogens is 268 g/mol. The molecule has 0 aliphatic carbocycles. The van der Waals surface area contributed by atoms with Crippen LogP contribution in [0, 0.1) is 0 Å². The number of alkyl halides is 1. The lowest BCUT2D eigenvalue weighted by molar-refractivity contribution is 0.319. The lowest BCUT2D eigenvalue weighted by atomic mass is 10.2. The Morgan fingerprint density at radius 1 is 1.29 bits per heavy atom. The highest BCUT2D eigenvalue weighted by molar-refractivity contribution is 9.09. The van der Waals surface area contributed by atoms with Crippen LogP contribution in [-0.4, -0.2) is 49.0 Å². The summed E-state index contributed by atoms with van der Waals surface area (Å²) < 4.78 is 26.8. The van der Waals surface area contributed by atoms with Gasteiger partial charge in [-0.3, -0.25) is 0 Å². The molecule has 0 radical (unpaired) electrons. The molecule has 14 heavy (non-hydrogen) atoms. The molecule has 1 aliphatic heterocycles. The third-order valence-electron chi connectivity index (χ3n) is 2.43. The third-order valence-corrected chi connectivity index (χ3v) is 4.78. The van der Waals surface area contributed by atoms with Crippen molar-refractivity contribution < 1.29 is 8.42 Å². The average molecular weight is 285 g/mol. The maximum atomic E-state index is 11.9. The second-order valence-electron chi connectivity index (χ2n) is 3.48. The van der Waals surface area contributed by atoms with Crippen molar-refractivity contribution >= 4 is 26.1 Å². The highest BCUT2D eigenvalue weighted by atomic mass is 79.9. The van der Waals surface area contributed by atoms with Gasteiger partial charge in [0.05, 0.1) is 0 Å². The molecule has 1 saturated heterocycles. The Hall–Kier alpha value is 0.350. The fourth-order valence-corrected chi connectivity index (χ4v) is 3.73. The van der Waals surface area contributed by atoms with Gasteiger partial charge in [0.25, 0.3) is 10.2 Å². The summed E-state index contributed by atoms with van der Waals surface area (Å²) in [7, 11) is -1.56. The van der Waals surface area contributed by atoms with E-state index in [1.54, 1.807) is 11.4 Å². The molecule has 0 atom stereocenters. The Labute approximate surface area is 94.6 Å². The quantitative estimate of drug-likeness (QED) is 0.724. The first-order chi connectivity index (χ1) is 6.59. The van der Waals surface area contributed by atoms with Gasteiger partial charge in [-0.05, 0) is 12.8 Å². The zero-order valence-electron chi connectivity index (χ0n) is 8.45. The molecule has 0 spiro atoms. The highest BCUT2D eigenvalue weighted by Crippen LogP contribution is 2.15. The Kier molecular flexibility index (Phi) is 4.82. The molecule has 0 unspecified atom stereocenters. The topological polar surface area (TPSA) is 40.6 Å². The van der Waals surface area contributed by atoms with Crippen molar-refractivity contribution in [2.24, 2.45) is 0 Å². The summed E-state index contributed by atoms with van der Waals surface area (Å²) in [6.07, 6.45) is 3.12. The van der Waals surface area contributed by atoms with Gasteiger partial charge in [-0.15, -0.1) is 0 Å². The molecule has 0 N–H and O–H groups in total. The molecule has 1 fully saturated rings. The molecule has 1 rings (SSSR count). The lowest BCUT2D eigenvalue weighted by Gasteiger charge is -2.29. The van der Waals surface area contributed by atoms with E-state index in [1.807, 2.05) is 0 Å². The van der Waals surface area contributed by atoms with Gasteiger partial charge in [0.1, 0.15) is 0 Å². The van der Waals surface area contributed by atoms with Gasteiger partial charge in [-0.1, -0.05) is 22.4 Å². The van der Waals surface area contributed by atoms with Crippen molar-refractivity contribution in [3.63, 3.8) is 0 Å². The van der Waals surface area contributed by atoms with Crippen molar-refractivity contribution in [2.45, 2.75) is 19.3 Å². The number of hydrogen-bond donors (Lipinski definition) is 0. The first-order valence-electron chi connectivity index (χ1n) is 4.86. The summed E-state index contributed by atoms with van der Waals surface area (Å²) in [6.45, 7) is 1.88. The van der Waals surface area contributed by atoms with Gasteiger partial charge in [0.2, 0.25) is 0 Å². The van der Waals surface area contributed by atoms with Crippen molar-refractivity contribution in [3.8, 4) is 0 Å². The highest BCUT2D eigenvalue weighted by Gasteiger charge is 2.27. The third kappa shape index (κ3) is 2.92. The lowest BCUT2D eigenvalue weighted by Crippen LogP contribution is -2.44. The Morgan fingerprint density at radius 2 is 1.86 bits per heavy atom. The second kappa shape index (κ2) is 5.44. The minimum Gasteiger partial charge on any atom is -0.195 e. The molecule has 0 aromatic rings. The van der Waals surface area contributed by atoms with Crippen molar-refractivity contribution in [1.29, 1.82) is 0 Å². The van der Waals surface area contributed by atoms with Crippen LogP contribution in [-0.2, 0) is 10.2 Å². The predicted molar refractivity (Wildman–Crippen MR) is 60.8 cm³/mol. The maximum Gasteiger partial charge on any atom is 0.281 e. The van der Waals surface area contributed by atoms with E-state index >= 15 is 0 Å². The van der Waals surface area contributed by atoms with Gasteiger partial charge in [-0.25, -0.2) is 0 Å². The van der Waals surface area contributed by atoms with Crippen LogP contribution >= 0.6 is 15.9 Å². The van der Waals surface area contributed by atoms with Crippen molar-refractivity contribution in [2.75, 3.05) is 32.0 Å². The summed E-state index contributed by atoms with van der Waals surface area (Å²) >= 11 is 3.24.